The van der Waals surface area contributed by atoms with E-state index in [4.69, 9.17) is 9.47 Å². The monoisotopic (exact) mass is 294 g/mol. The van der Waals surface area contributed by atoms with Gasteiger partial charge in [0.15, 0.2) is 5.75 Å². The summed E-state index contributed by atoms with van der Waals surface area (Å²) in [5.74, 6) is 1.61. The Morgan fingerprint density at radius 1 is 0.773 bits per heavy atom. The lowest BCUT2D eigenvalue weighted by atomic mass is 10.2. The van der Waals surface area contributed by atoms with Gasteiger partial charge in [-0.15, -0.1) is 0 Å². The van der Waals surface area contributed by atoms with Gasteiger partial charge in [0.2, 0.25) is 0 Å². The number of ether oxygens (including phenoxy) is 2. The quantitative estimate of drug-likeness (QED) is 0.627. The molecule has 0 aliphatic rings. The normalized spacial score (nSPS) is 10.4. The van der Waals surface area contributed by atoms with Crippen molar-refractivity contribution < 1.29 is 9.47 Å². The Morgan fingerprint density at radius 3 is 2.14 bits per heavy atom. The van der Waals surface area contributed by atoms with E-state index in [0.29, 0.717) is 13.2 Å². The number of hydrogen-bond acceptors (Lipinski definition) is 3. The van der Waals surface area contributed by atoms with Crippen molar-refractivity contribution in [2.24, 2.45) is 0 Å². The third-order valence-corrected chi connectivity index (χ3v) is 3.16. The van der Waals surface area contributed by atoms with Gasteiger partial charge in [-0.1, -0.05) is 48.5 Å². The molecular formula is C18H18N2O2. The predicted octanol–water partition coefficient (Wildman–Crippen LogP) is 3.39. The van der Waals surface area contributed by atoms with Crippen LogP contribution in [0.4, 0.5) is 0 Å². The summed E-state index contributed by atoms with van der Waals surface area (Å²) >= 11 is 0. The van der Waals surface area contributed by atoms with Gasteiger partial charge in [0.1, 0.15) is 19.0 Å². The molecule has 0 bridgehead atoms. The van der Waals surface area contributed by atoms with Gasteiger partial charge in [0, 0.05) is 0 Å². The Bertz CT molecular complexity index is 681. The SMILES string of the molecule is c1ccc(Cn2cc(OCCOc3ccccc3)cn2)cc1. The standard InChI is InChI=1S/C18H18N2O2/c1-3-7-16(8-4-1)14-20-15-18(13-19-20)22-12-11-21-17-9-5-2-6-10-17/h1-10,13,15H,11-12,14H2. The largest absolute Gasteiger partial charge is 0.490 e. The molecule has 1 heterocycles. The van der Waals surface area contributed by atoms with Crippen LogP contribution < -0.4 is 9.47 Å². The number of benzene rings is 2. The highest BCUT2D eigenvalue weighted by Crippen LogP contribution is 2.11. The molecule has 0 atom stereocenters. The van der Waals surface area contributed by atoms with Gasteiger partial charge >= 0.3 is 0 Å². The highest BCUT2D eigenvalue weighted by molar-refractivity contribution is 5.21. The lowest BCUT2D eigenvalue weighted by Crippen LogP contribution is -2.08. The topological polar surface area (TPSA) is 36.3 Å². The number of nitrogens with zero attached hydrogens (tertiary/aromatic N) is 2. The third-order valence-electron chi connectivity index (χ3n) is 3.16. The lowest BCUT2D eigenvalue weighted by molar-refractivity contribution is 0.217. The Balaban J connectivity index is 1.44. The van der Waals surface area contributed by atoms with Crippen molar-refractivity contribution in [2.45, 2.75) is 6.54 Å². The molecule has 0 fully saturated rings. The second-order valence-electron chi connectivity index (χ2n) is 4.87. The number of aromatic nitrogens is 2. The molecule has 0 radical (unpaired) electrons. The van der Waals surface area contributed by atoms with Crippen LogP contribution in [0.3, 0.4) is 0 Å². The van der Waals surface area contributed by atoms with Crippen molar-refractivity contribution >= 4 is 0 Å². The highest BCUT2D eigenvalue weighted by Gasteiger charge is 2.01. The maximum atomic E-state index is 5.64. The summed E-state index contributed by atoms with van der Waals surface area (Å²) in [7, 11) is 0. The smallest absolute Gasteiger partial charge is 0.157 e. The molecule has 0 saturated carbocycles. The Kier molecular flexibility index (Phi) is 4.72. The number of rotatable bonds is 7. The molecule has 0 aliphatic heterocycles. The first kappa shape index (κ1) is 14.2. The van der Waals surface area contributed by atoms with Crippen molar-refractivity contribution in [2.75, 3.05) is 13.2 Å². The maximum Gasteiger partial charge on any atom is 0.157 e. The summed E-state index contributed by atoms with van der Waals surface area (Å²) in [6, 6.07) is 19.9. The van der Waals surface area contributed by atoms with E-state index in [1.165, 1.54) is 5.56 Å². The van der Waals surface area contributed by atoms with Crippen molar-refractivity contribution in [3.63, 3.8) is 0 Å². The van der Waals surface area contributed by atoms with Crippen molar-refractivity contribution in [3.05, 3.63) is 78.6 Å². The summed E-state index contributed by atoms with van der Waals surface area (Å²) in [6.07, 6.45) is 3.63. The van der Waals surface area contributed by atoms with Gasteiger partial charge in [-0.3, -0.25) is 4.68 Å². The van der Waals surface area contributed by atoms with Gasteiger partial charge in [-0.05, 0) is 17.7 Å². The van der Waals surface area contributed by atoms with Crippen molar-refractivity contribution in [1.82, 2.24) is 9.78 Å². The van der Waals surface area contributed by atoms with E-state index in [2.05, 4.69) is 17.2 Å². The Morgan fingerprint density at radius 2 is 1.41 bits per heavy atom. The zero-order chi connectivity index (χ0) is 15.0. The molecule has 0 unspecified atom stereocenters. The van der Waals surface area contributed by atoms with Crippen LogP contribution in [0, 0.1) is 0 Å². The van der Waals surface area contributed by atoms with Crippen LogP contribution in [-0.4, -0.2) is 23.0 Å². The molecule has 2 aromatic carbocycles. The first-order valence-electron chi connectivity index (χ1n) is 7.27. The average molecular weight is 294 g/mol. The lowest BCUT2D eigenvalue weighted by Gasteiger charge is -2.06. The van der Waals surface area contributed by atoms with Gasteiger partial charge < -0.3 is 9.47 Å². The molecule has 3 aromatic rings. The van der Waals surface area contributed by atoms with E-state index in [0.717, 1.165) is 18.0 Å². The summed E-state index contributed by atoms with van der Waals surface area (Å²) in [5.41, 5.74) is 1.21. The summed E-state index contributed by atoms with van der Waals surface area (Å²) in [5, 5.41) is 4.30. The molecule has 0 aliphatic carbocycles. The summed E-state index contributed by atoms with van der Waals surface area (Å²) < 4.78 is 13.1. The van der Waals surface area contributed by atoms with E-state index in [-0.39, 0.29) is 0 Å². The fraction of sp³-hybridized carbons (Fsp3) is 0.167. The van der Waals surface area contributed by atoms with Crippen molar-refractivity contribution in [3.8, 4) is 11.5 Å². The molecule has 4 heteroatoms. The van der Waals surface area contributed by atoms with E-state index < -0.39 is 0 Å². The Hall–Kier alpha value is -2.75. The van der Waals surface area contributed by atoms with Crippen LogP contribution >= 0.6 is 0 Å². The summed E-state index contributed by atoms with van der Waals surface area (Å²) in [6.45, 7) is 1.74. The molecule has 22 heavy (non-hydrogen) atoms. The Labute approximate surface area is 129 Å². The van der Waals surface area contributed by atoms with E-state index in [1.54, 1.807) is 6.20 Å². The summed E-state index contributed by atoms with van der Waals surface area (Å²) in [4.78, 5) is 0. The second-order valence-corrected chi connectivity index (χ2v) is 4.87. The molecule has 1 aromatic heterocycles. The van der Waals surface area contributed by atoms with E-state index in [1.807, 2.05) is 59.4 Å². The first-order valence-corrected chi connectivity index (χ1v) is 7.27. The van der Waals surface area contributed by atoms with Gasteiger partial charge in [-0.2, -0.15) is 5.10 Å². The minimum atomic E-state index is 0.492. The van der Waals surface area contributed by atoms with Crippen LogP contribution in [0.25, 0.3) is 0 Å². The zero-order valence-electron chi connectivity index (χ0n) is 12.3. The maximum absolute atomic E-state index is 5.64. The number of para-hydroxylation sites is 1. The third kappa shape index (κ3) is 4.12. The highest BCUT2D eigenvalue weighted by atomic mass is 16.5. The van der Waals surface area contributed by atoms with Crippen LogP contribution in [0.5, 0.6) is 11.5 Å². The second kappa shape index (κ2) is 7.31. The molecule has 0 N–H and O–H groups in total. The van der Waals surface area contributed by atoms with Crippen LogP contribution in [0.15, 0.2) is 73.1 Å². The first-order chi connectivity index (χ1) is 10.9. The zero-order valence-corrected chi connectivity index (χ0v) is 12.3. The molecule has 112 valence electrons. The molecule has 0 spiro atoms. The molecule has 0 amide bonds. The van der Waals surface area contributed by atoms with Gasteiger partial charge in [0.05, 0.1) is 18.9 Å². The minimum absolute atomic E-state index is 0.492. The van der Waals surface area contributed by atoms with E-state index >= 15 is 0 Å². The molecule has 3 rings (SSSR count). The fourth-order valence-corrected chi connectivity index (χ4v) is 2.11. The average Bonchev–Trinajstić information content (AvgIpc) is 3.01. The fourth-order valence-electron chi connectivity index (χ4n) is 2.11. The van der Waals surface area contributed by atoms with Gasteiger partial charge in [0.25, 0.3) is 0 Å². The number of hydrogen-bond donors (Lipinski definition) is 0. The molecule has 0 saturated heterocycles. The van der Waals surface area contributed by atoms with Gasteiger partial charge in [-0.25, -0.2) is 0 Å². The van der Waals surface area contributed by atoms with E-state index in [9.17, 15) is 0 Å². The predicted molar refractivity (Wildman–Crippen MR) is 85.2 cm³/mol. The molecule has 4 nitrogen and oxygen atoms in total. The van der Waals surface area contributed by atoms with Crippen LogP contribution in [0.1, 0.15) is 5.56 Å². The minimum Gasteiger partial charge on any atom is -0.490 e. The van der Waals surface area contributed by atoms with Crippen molar-refractivity contribution in [1.29, 1.82) is 0 Å². The van der Waals surface area contributed by atoms with Crippen LogP contribution in [0.2, 0.25) is 0 Å². The molecular weight excluding hydrogens is 276 g/mol. The van der Waals surface area contributed by atoms with Crippen LogP contribution in [-0.2, 0) is 6.54 Å².